The summed E-state index contributed by atoms with van der Waals surface area (Å²) in [7, 11) is 0. The quantitative estimate of drug-likeness (QED) is 0.870. The van der Waals surface area contributed by atoms with Crippen LogP contribution in [0.3, 0.4) is 0 Å². The first-order valence-corrected chi connectivity index (χ1v) is 7.76. The molecule has 2 aliphatic heterocycles. The molecule has 126 valence electrons. The van der Waals surface area contributed by atoms with E-state index in [1.54, 1.807) is 24.3 Å². The highest BCUT2D eigenvalue weighted by Gasteiger charge is 2.22. The van der Waals surface area contributed by atoms with Gasteiger partial charge in [-0.3, -0.25) is 9.59 Å². The van der Waals surface area contributed by atoms with Crippen LogP contribution >= 0.6 is 12.4 Å². The molecule has 1 unspecified atom stereocenters. The van der Waals surface area contributed by atoms with Crippen LogP contribution in [0.25, 0.3) is 0 Å². The summed E-state index contributed by atoms with van der Waals surface area (Å²) in [5.74, 6) is -0.0963. The molecule has 0 aliphatic carbocycles. The molecular weight excluding hydrogens is 318 g/mol. The van der Waals surface area contributed by atoms with E-state index >= 15 is 0 Å². The second-order valence-electron chi connectivity index (χ2n) is 5.63. The average molecular weight is 340 g/mol. The molecule has 0 bridgehead atoms. The minimum absolute atomic E-state index is 0. The van der Waals surface area contributed by atoms with Gasteiger partial charge in [0.05, 0.1) is 6.61 Å². The van der Waals surface area contributed by atoms with Crippen LogP contribution < -0.4 is 10.6 Å². The lowest BCUT2D eigenvalue weighted by atomic mass is 10.1. The molecule has 1 aromatic carbocycles. The van der Waals surface area contributed by atoms with E-state index in [-0.39, 0.29) is 24.2 Å². The molecule has 2 heterocycles. The van der Waals surface area contributed by atoms with Crippen molar-refractivity contribution in [1.29, 1.82) is 0 Å². The summed E-state index contributed by atoms with van der Waals surface area (Å²) in [6.07, 6.45) is 1.70. The van der Waals surface area contributed by atoms with E-state index in [1.165, 1.54) is 0 Å². The Balaban J connectivity index is 0.00000192. The molecule has 7 heteroatoms. The van der Waals surface area contributed by atoms with E-state index in [1.807, 2.05) is 4.90 Å². The number of hydrogen-bond donors (Lipinski definition) is 2. The molecule has 0 spiro atoms. The number of anilines is 1. The lowest BCUT2D eigenvalue weighted by Gasteiger charge is -2.22. The molecule has 1 atom stereocenters. The highest BCUT2D eigenvalue weighted by atomic mass is 35.5. The number of rotatable bonds is 3. The highest BCUT2D eigenvalue weighted by Crippen LogP contribution is 2.15. The van der Waals surface area contributed by atoms with E-state index in [2.05, 4.69) is 10.6 Å². The second kappa shape index (κ2) is 8.29. The number of carbonyl (C=O) groups excluding carboxylic acids is 2. The third kappa shape index (κ3) is 4.43. The molecule has 0 saturated carbocycles. The molecule has 0 aromatic heterocycles. The fourth-order valence-electron chi connectivity index (χ4n) is 2.76. The van der Waals surface area contributed by atoms with Crippen molar-refractivity contribution in [2.45, 2.75) is 18.9 Å². The first-order chi connectivity index (χ1) is 10.7. The fourth-order valence-corrected chi connectivity index (χ4v) is 2.76. The number of morpholine rings is 1. The zero-order valence-corrected chi connectivity index (χ0v) is 13.7. The van der Waals surface area contributed by atoms with Crippen LogP contribution in [-0.4, -0.2) is 55.6 Å². The number of nitrogens with zero attached hydrogens (tertiary/aromatic N) is 1. The van der Waals surface area contributed by atoms with E-state index in [4.69, 9.17) is 4.74 Å². The Morgan fingerprint density at radius 1 is 1.17 bits per heavy atom. The molecule has 6 nitrogen and oxygen atoms in total. The van der Waals surface area contributed by atoms with Crippen LogP contribution in [-0.2, 0) is 9.53 Å². The third-order valence-electron chi connectivity index (χ3n) is 4.01. The molecular formula is C16H22ClN3O3. The van der Waals surface area contributed by atoms with E-state index in [0.717, 1.165) is 32.5 Å². The Morgan fingerprint density at radius 3 is 2.48 bits per heavy atom. The molecule has 23 heavy (non-hydrogen) atoms. The Morgan fingerprint density at radius 2 is 1.87 bits per heavy atom. The van der Waals surface area contributed by atoms with Crippen LogP contribution in [0.2, 0.25) is 0 Å². The minimum Gasteiger partial charge on any atom is -0.366 e. The predicted molar refractivity (Wildman–Crippen MR) is 90.1 cm³/mol. The van der Waals surface area contributed by atoms with Crippen molar-refractivity contribution < 1.29 is 14.3 Å². The van der Waals surface area contributed by atoms with Crippen LogP contribution in [0, 0.1) is 0 Å². The van der Waals surface area contributed by atoms with Gasteiger partial charge in [0, 0.05) is 37.4 Å². The van der Waals surface area contributed by atoms with Crippen LogP contribution in [0.4, 0.5) is 5.69 Å². The number of likely N-dealkylation sites (tertiary alicyclic amines) is 1. The van der Waals surface area contributed by atoms with Gasteiger partial charge >= 0.3 is 0 Å². The molecule has 2 fully saturated rings. The van der Waals surface area contributed by atoms with E-state index in [9.17, 15) is 9.59 Å². The number of nitrogens with one attached hydrogen (secondary N) is 2. The van der Waals surface area contributed by atoms with E-state index < -0.39 is 6.10 Å². The van der Waals surface area contributed by atoms with Crippen LogP contribution in [0.15, 0.2) is 24.3 Å². The van der Waals surface area contributed by atoms with Crippen molar-refractivity contribution in [2.24, 2.45) is 0 Å². The summed E-state index contributed by atoms with van der Waals surface area (Å²) in [6.45, 7) is 3.52. The van der Waals surface area contributed by atoms with Gasteiger partial charge in [0.25, 0.3) is 11.8 Å². The van der Waals surface area contributed by atoms with Gasteiger partial charge < -0.3 is 20.3 Å². The van der Waals surface area contributed by atoms with Crippen molar-refractivity contribution >= 4 is 29.9 Å². The summed E-state index contributed by atoms with van der Waals surface area (Å²) < 4.78 is 5.41. The molecule has 2 N–H and O–H groups in total. The third-order valence-corrected chi connectivity index (χ3v) is 4.01. The van der Waals surface area contributed by atoms with Gasteiger partial charge in [0.15, 0.2) is 0 Å². The van der Waals surface area contributed by atoms with Gasteiger partial charge in [-0.2, -0.15) is 0 Å². The molecule has 2 saturated heterocycles. The summed E-state index contributed by atoms with van der Waals surface area (Å²) in [5, 5.41) is 5.94. The normalized spacial score (nSPS) is 20.7. The van der Waals surface area contributed by atoms with Gasteiger partial charge in [-0.15, -0.1) is 12.4 Å². The van der Waals surface area contributed by atoms with Gasteiger partial charge in [0.1, 0.15) is 6.10 Å². The van der Waals surface area contributed by atoms with Gasteiger partial charge in [-0.1, -0.05) is 0 Å². The van der Waals surface area contributed by atoms with Crippen LogP contribution in [0.1, 0.15) is 23.2 Å². The first kappa shape index (κ1) is 17.7. The molecule has 0 radical (unpaired) electrons. The van der Waals surface area contributed by atoms with Crippen molar-refractivity contribution in [2.75, 3.05) is 38.1 Å². The van der Waals surface area contributed by atoms with Gasteiger partial charge in [0.2, 0.25) is 0 Å². The van der Waals surface area contributed by atoms with E-state index in [0.29, 0.717) is 24.4 Å². The predicted octanol–water partition coefficient (Wildman–Crippen LogP) is 1.27. The fraction of sp³-hybridized carbons (Fsp3) is 0.500. The number of amides is 2. The zero-order chi connectivity index (χ0) is 15.4. The maximum Gasteiger partial charge on any atom is 0.254 e. The first-order valence-electron chi connectivity index (χ1n) is 7.76. The van der Waals surface area contributed by atoms with Gasteiger partial charge in [-0.25, -0.2) is 0 Å². The smallest absolute Gasteiger partial charge is 0.254 e. The van der Waals surface area contributed by atoms with Crippen molar-refractivity contribution in [3.05, 3.63) is 29.8 Å². The summed E-state index contributed by atoms with van der Waals surface area (Å²) in [4.78, 5) is 26.2. The van der Waals surface area contributed by atoms with Crippen LogP contribution in [0.5, 0.6) is 0 Å². The summed E-state index contributed by atoms with van der Waals surface area (Å²) in [6, 6.07) is 7.04. The summed E-state index contributed by atoms with van der Waals surface area (Å²) >= 11 is 0. The second-order valence-corrected chi connectivity index (χ2v) is 5.63. The standard InChI is InChI=1S/C16H21N3O3.ClH/c20-15(14-11-17-7-10-22-14)18-13-5-3-12(4-6-13)16(21)19-8-1-2-9-19;/h3-6,14,17H,1-2,7-11H2,(H,18,20);1H. The Kier molecular flexibility index (Phi) is 6.38. The minimum atomic E-state index is -0.459. The molecule has 3 rings (SSSR count). The monoisotopic (exact) mass is 339 g/mol. The van der Waals surface area contributed by atoms with Crippen molar-refractivity contribution in [3.8, 4) is 0 Å². The number of hydrogen-bond acceptors (Lipinski definition) is 4. The largest absolute Gasteiger partial charge is 0.366 e. The van der Waals surface area contributed by atoms with Gasteiger partial charge in [-0.05, 0) is 37.1 Å². The number of carbonyl (C=O) groups is 2. The molecule has 2 amide bonds. The SMILES string of the molecule is Cl.O=C(Nc1ccc(C(=O)N2CCCC2)cc1)C1CNCCO1. The zero-order valence-electron chi connectivity index (χ0n) is 12.9. The Hall–Kier alpha value is -1.63. The highest BCUT2D eigenvalue weighted by molar-refractivity contribution is 5.97. The van der Waals surface area contributed by atoms with Crippen molar-refractivity contribution in [1.82, 2.24) is 10.2 Å². The number of ether oxygens (including phenoxy) is 1. The summed E-state index contributed by atoms with van der Waals surface area (Å²) in [5.41, 5.74) is 1.34. The molecule has 1 aromatic rings. The topological polar surface area (TPSA) is 70.7 Å². The Labute approximate surface area is 142 Å². The maximum absolute atomic E-state index is 12.2. The maximum atomic E-state index is 12.2. The Bertz CT molecular complexity index is 538. The lowest BCUT2D eigenvalue weighted by Crippen LogP contribution is -2.45. The molecule has 2 aliphatic rings. The average Bonchev–Trinajstić information content (AvgIpc) is 3.10. The lowest BCUT2D eigenvalue weighted by molar-refractivity contribution is -0.128. The number of benzene rings is 1. The number of halogens is 1. The van der Waals surface area contributed by atoms with Crippen molar-refractivity contribution in [3.63, 3.8) is 0 Å².